The van der Waals surface area contributed by atoms with Crippen LogP contribution in [-0.4, -0.2) is 6.04 Å². The number of benzene rings is 2. The molecule has 0 unspecified atom stereocenters. The Balaban J connectivity index is 2.23. The van der Waals surface area contributed by atoms with E-state index in [1.165, 1.54) is 6.07 Å². The molecule has 5 heteroatoms. The average Bonchev–Trinajstić information content (AvgIpc) is 2.43. The molecule has 0 amide bonds. The van der Waals surface area contributed by atoms with E-state index in [1.54, 1.807) is 12.1 Å². The first-order chi connectivity index (χ1) is 9.95. The molecule has 0 saturated carbocycles. The van der Waals surface area contributed by atoms with Gasteiger partial charge in [0.2, 0.25) is 0 Å². The van der Waals surface area contributed by atoms with Crippen molar-refractivity contribution in [3.8, 4) is 11.5 Å². The SMILES string of the molecule is CC(C)NCc1cc(Br)ccc1Oc1ccc(Br)c(F)c1. The van der Waals surface area contributed by atoms with Crippen LogP contribution in [0.2, 0.25) is 0 Å². The lowest BCUT2D eigenvalue weighted by Crippen LogP contribution is -2.22. The number of nitrogens with one attached hydrogen (secondary N) is 1. The summed E-state index contributed by atoms with van der Waals surface area (Å²) < 4.78 is 20.8. The van der Waals surface area contributed by atoms with Crippen LogP contribution < -0.4 is 10.1 Å². The maximum absolute atomic E-state index is 13.6. The van der Waals surface area contributed by atoms with Crippen molar-refractivity contribution in [2.75, 3.05) is 0 Å². The molecule has 0 spiro atoms. The molecule has 2 aromatic carbocycles. The van der Waals surface area contributed by atoms with Crippen molar-refractivity contribution in [3.63, 3.8) is 0 Å². The predicted molar refractivity (Wildman–Crippen MR) is 90.3 cm³/mol. The van der Waals surface area contributed by atoms with Gasteiger partial charge in [0.25, 0.3) is 0 Å². The van der Waals surface area contributed by atoms with E-state index >= 15 is 0 Å². The van der Waals surface area contributed by atoms with Gasteiger partial charge in [0.05, 0.1) is 4.47 Å². The molecule has 0 aromatic heterocycles. The van der Waals surface area contributed by atoms with Crippen molar-refractivity contribution in [1.29, 1.82) is 0 Å². The molecule has 0 aliphatic carbocycles. The molecule has 0 aliphatic heterocycles. The van der Waals surface area contributed by atoms with Crippen molar-refractivity contribution in [2.45, 2.75) is 26.4 Å². The van der Waals surface area contributed by atoms with Crippen molar-refractivity contribution in [2.24, 2.45) is 0 Å². The lowest BCUT2D eigenvalue weighted by molar-refractivity contribution is 0.464. The summed E-state index contributed by atoms with van der Waals surface area (Å²) in [5.74, 6) is 0.850. The predicted octanol–water partition coefficient (Wildman–Crippen LogP) is 5.64. The fourth-order valence-corrected chi connectivity index (χ4v) is 2.42. The Labute approximate surface area is 141 Å². The summed E-state index contributed by atoms with van der Waals surface area (Å²) in [5, 5.41) is 3.35. The Hall–Kier alpha value is -0.910. The lowest BCUT2D eigenvalue weighted by atomic mass is 10.2. The zero-order valence-corrected chi connectivity index (χ0v) is 15.0. The van der Waals surface area contributed by atoms with Crippen LogP contribution in [0.25, 0.3) is 0 Å². The molecule has 2 nitrogen and oxygen atoms in total. The van der Waals surface area contributed by atoms with Crippen LogP contribution in [0.15, 0.2) is 45.3 Å². The van der Waals surface area contributed by atoms with Crippen molar-refractivity contribution < 1.29 is 9.13 Å². The Morgan fingerprint density at radius 3 is 2.57 bits per heavy atom. The topological polar surface area (TPSA) is 21.3 Å². The monoisotopic (exact) mass is 415 g/mol. The van der Waals surface area contributed by atoms with E-state index in [2.05, 4.69) is 51.0 Å². The molecular weight excluding hydrogens is 401 g/mol. The minimum atomic E-state index is -0.341. The van der Waals surface area contributed by atoms with Crippen LogP contribution in [0.5, 0.6) is 11.5 Å². The Morgan fingerprint density at radius 1 is 1.14 bits per heavy atom. The van der Waals surface area contributed by atoms with Crippen LogP contribution in [0, 0.1) is 5.82 Å². The fourth-order valence-electron chi connectivity index (χ4n) is 1.77. The van der Waals surface area contributed by atoms with Crippen LogP contribution in [0.3, 0.4) is 0 Å². The van der Waals surface area contributed by atoms with Gasteiger partial charge in [-0.25, -0.2) is 4.39 Å². The molecule has 0 radical (unpaired) electrons. The highest BCUT2D eigenvalue weighted by Crippen LogP contribution is 2.30. The smallest absolute Gasteiger partial charge is 0.141 e. The Bertz CT molecular complexity index is 632. The van der Waals surface area contributed by atoms with Gasteiger partial charge in [0, 0.05) is 28.7 Å². The quantitative estimate of drug-likeness (QED) is 0.680. The molecule has 0 heterocycles. The second-order valence-electron chi connectivity index (χ2n) is 4.97. The number of hydrogen-bond donors (Lipinski definition) is 1. The van der Waals surface area contributed by atoms with E-state index < -0.39 is 0 Å². The first kappa shape index (κ1) is 16.5. The maximum Gasteiger partial charge on any atom is 0.141 e. The van der Waals surface area contributed by atoms with E-state index in [4.69, 9.17) is 4.74 Å². The normalized spacial score (nSPS) is 11.0. The second kappa shape index (κ2) is 7.38. The zero-order valence-electron chi connectivity index (χ0n) is 11.8. The summed E-state index contributed by atoms with van der Waals surface area (Å²) in [5.41, 5.74) is 1.02. The third kappa shape index (κ3) is 4.80. The highest BCUT2D eigenvalue weighted by atomic mass is 79.9. The van der Waals surface area contributed by atoms with E-state index in [0.717, 1.165) is 10.0 Å². The molecule has 0 fully saturated rings. The number of rotatable bonds is 5. The molecular formula is C16H16Br2FNO. The van der Waals surface area contributed by atoms with Crippen LogP contribution in [0.4, 0.5) is 4.39 Å². The summed E-state index contributed by atoms with van der Waals surface area (Å²) in [6, 6.07) is 10.9. The second-order valence-corrected chi connectivity index (χ2v) is 6.74. The van der Waals surface area contributed by atoms with Gasteiger partial charge in [-0.1, -0.05) is 29.8 Å². The van der Waals surface area contributed by atoms with Crippen LogP contribution in [-0.2, 0) is 6.54 Å². The van der Waals surface area contributed by atoms with Gasteiger partial charge < -0.3 is 10.1 Å². The van der Waals surface area contributed by atoms with Gasteiger partial charge >= 0.3 is 0 Å². The maximum atomic E-state index is 13.6. The molecule has 2 rings (SSSR count). The summed E-state index contributed by atoms with van der Waals surface area (Å²) in [6.07, 6.45) is 0. The highest BCUT2D eigenvalue weighted by Gasteiger charge is 2.08. The highest BCUT2D eigenvalue weighted by molar-refractivity contribution is 9.10. The Morgan fingerprint density at radius 2 is 1.90 bits per heavy atom. The van der Waals surface area contributed by atoms with Gasteiger partial charge in [-0.15, -0.1) is 0 Å². The van der Waals surface area contributed by atoms with Crippen molar-refractivity contribution in [1.82, 2.24) is 5.32 Å². The largest absolute Gasteiger partial charge is 0.457 e. The van der Waals surface area contributed by atoms with Gasteiger partial charge in [-0.2, -0.15) is 0 Å². The van der Waals surface area contributed by atoms with E-state index in [1.807, 2.05) is 18.2 Å². The van der Waals surface area contributed by atoms with Crippen LogP contribution in [0.1, 0.15) is 19.4 Å². The van der Waals surface area contributed by atoms with Gasteiger partial charge in [-0.05, 0) is 46.3 Å². The summed E-state index contributed by atoms with van der Waals surface area (Å²) >= 11 is 6.59. The molecule has 21 heavy (non-hydrogen) atoms. The molecule has 112 valence electrons. The first-order valence-electron chi connectivity index (χ1n) is 6.60. The molecule has 2 aromatic rings. The standard InChI is InChI=1S/C16H16Br2FNO/c1-10(2)20-9-11-7-12(17)3-6-16(11)21-13-4-5-14(18)15(19)8-13/h3-8,10,20H,9H2,1-2H3. The molecule has 0 aliphatic rings. The molecule has 0 saturated heterocycles. The third-order valence-corrected chi connectivity index (χ3v) is 3.98. The first-order valence-corrected chi connectivity index (χ1v) is 8.19. The van der Waals surface area contributed by atoms with E-state index in [0.29, 0.717) is 28.6 Å². The third-order valence-electron chi connectivity index (χ3n) is 2.84. The number of halogens is 3. The van der Waals surface area contributed by atoms with Crippen molar-refractivity contribution >= 4 is 31.9 Å². The summed E-state index contributed by atoms with van der Waals surface area (Å²) in [7, 11) is 0. The number of ether oxygens (including phenoxy) is 1. The summed E-state index contributed by atoms with van der Waals surface area (Å²) in [4.78, 5) is 0. The number of hydrogen-bond acceptors (Lipinski definition) is 2. The fraction of sp³-hybridized carbons (Fsp3) is 0.250. The molecule has 1 N–H and O–H groups in total. The minimum absolute atomic E-state index is 0.341. The Kier molecular flexibility index (Phi) is 5.79. The molecule has 0 atom stereocenters. The zero-order chi connectivity index (χ0) is 15.4. The van der Waals surface area contributed by atoms with Gasteiger partial charge in [0.1, 0.15) is 17.3 Å². The van der Waals surface area contributed by atoms with Crippen LogP contribution >= 0.6 is 31.9 Å². The van der Waals surface area contributed by atoms with Gasteiger partial charge in [0.15, 0.2) is 0 Å². The minimum Gasteiger partial charge on any atom is -0.457 e. The van der Waals surface area contributed by atoms with Gasteiger partial charge in [-0.3, -0.25) is 0 Å². The lowest BCUT2D eigenvalue weighted by Gasteiger charge is -2.14. The average molecular weight is 417 g/mol. The molecule has 0 bridgehead atoms. The summed E-state index contributed by atoms with van der Waals surface area (Å²) in [6.45, 7) is 4.86. The van der Waals surface area contributed by atoms with Crippen molar-refractivity contribution in [3.05, 3.63) is 56.7 Å². The van der Waals surface area contributed by atoms with E-state index in [9.17, 15) is 4.39 Å². The van der Waals surface area contributed by atoms with E-state index in [-0.39, 0.29) is 5.82 Å².